The first-order valence-electron chi connectivity index (χ1n) is 9.57. The average Bonchev–Trinajstić information content (AvgIpc) is 3.40. The van der Waals surface area contributed by atoms with Gasteiger partial charge in [-0.2, -0.15) is 0 Å². The molecule has 1 N–H and O–H groups in total. The Labute approximate surface area is 170 Å². The van der Waals surface area contributed by atoms with Crippen molar-refractivity contribution in [2.24, 2.45) is 0 Å². The van der Waals surface area contributed by atoms with E-state index in [2.05, 4.69) is 25.2 Å². The number of aromatic nitrogens is 2. The van der Waals surface area contributed by atoms with Crippen LogP contribution in [0.1, 0.15) is 47.5 Å². The summed E-state index contributed by atoms with van der Waals surface area (Å²) < 4.78 is 40.4. The molecule has 1 aromatic carbocycles. The highest BCUT2D eigenvalue weighted by molar-refractivity contribution is 7.11. The number of ether oxygens (including phenoxy) is 1. The Hall–Kier alpha value is -2.20. The van der Waals surface area contributed by atoms with Gasteiger partial charge in [0, 0.05) is 17.5 Å². The molecular formula is C19H21F3N4O2S. The van der Waals surface area contributed by atoms with Crippen molar-refractivity contribution >= 4 is 22.9 Å². The number of nitrogens with zero attached hydrogens (tertiary/aromatic N) is 3. The lowest BCUT2D eigenvalue weighted by Crippen LogP contribution is -2.38. The van der Waals surface area contributed by atoms with E-state index in [0.29, 0.717) is 17.5 Å². The summed E-state index contributed by atoms with van der Waals surface area (Å²) in [5, 5.41) is 13.7. The first kappa shape index (κ1) is 20.1. The molecule has 2 heterocycles. The van der Waals surface area contributed by atoms with Crippen molar-refractivity contribution in [3.8, 4) is 5.75 Å². The van der Waals surface area contributed by atoms with Gasteiger partial charge in [0.05, 0.1) is 6.54 Å². The lowest BCUT2D eigenvalue weighted by molar-refractivity contribution is -0.274. The SMILES string of the molecule is O=C(CN1CCC(c2nnc(C3CC3)s2)CC1)Nc1ccc(OC(F)(F)F)cc1. The summed E-state index contributed by atoms with van der Waals surface area (Å²) in [6, 6.07) is 5.12. The second-order valence-corrected chi connectivity index (χ2v) is 8.46. The Bertz CT molecular complexity index is 844. The van der Waals surface area contributed by atoms with E-state index in [1.807, 2.05) is 0 Å². The fraction of sp³-hybridized carbons (Fsp3) is 0.526. The highest BCUT2D eigenvalue weighted by Gasteiger charge is 2.31. The van der Waals surface area contributed by atoms with Crippen LogP contribution in [0.2, 0.25) is 0 Å². The standard InChI is InChI=1S/C19H21F3N4O2S/c20-19(21,22)28-15-5-3-14(4-6-15)23-16(27)11-26-9-7-13(8-10-26)18-25-24-17(29-18)12-1-2-12/h3-6,12-13H,1-2,7-11H2,(H,23,27). The Balaban J connectivity index is 1.22. The summed E-state index contributed by atoms with van der Waals surface area (Å²) in [7, 11) is 0. The number of alkyl halides is 3. The van der Waals surface area contributed by atoms with E-state index >= 15 is 0 Å². The smallest absolute Gasteiger partial charge is 0.406 e. The number of rotatable bonds is 6. The number of hydrogen-bond acceptors (Lipinski definition) is 6. The number of nitrogens with one attached hydrogen (secondary N) is 1. The largest absolute Gasteiger partial charge is 0.573 e. The van der Waals surface area contributed by atoms with E-state index in [1.165, 1.54) is 37.1 Å². The van der Waals surface area contributed by atoms with Crippen molar-refractivity contribution < 1.29 is 22.7 Å². The Morgan fingerprint density at radius 2 is 1.66 bits per heavy atom. The summed E-state index contributed by atoms with van der Waals surface area (Å²) in [6.07, 6.45) is -0.405. The molecule has 1 saturated heterocycles. The monoisotopic (exact) mass is 426 g/mol. The first-order valence-corrected chi connectivity index (χ1v) is 10.4. The number of hydrogen-bond donors (Lipinski definition) is 1. The molecule has 2 fully saturated rings. The molecule has 0 unspecified atom stereocenters. The predicted octanol–water partition coefficient (Wildman–Crippen LogP) is 4.13. The van der Waals surface area contributed by atoms with Crippen molar-refractivity contribution in [3.05, 3.63) is 34.3 Å². The van der Waals surface area contributed by atoms with Gasteiger partial charge in [-0.15, -0.1) is 34.7 Å². The molecule has 1 saturated carbocycles. The molecule has 0 atom stereocenters. The topological polar surface area (TPSA) is 67.4 Å². The minimum absolute atomic E-state index is 0.195. The molecule has 29 heavy (non-hydrogen) atoms. The molecule has 1 aliphatic carbocycles. The zero-order valence-electron chi connectivity index (χ0n) is 15.6. The normalized spacial score (nSPS) is 18.6. The van der Waals surface area contributed by atoms with Gasteiger partial charge in [0.1, 0.15) is 15.8 Å². The van der Waals surface area contributed by atoms with E-state index in [0.717, 1.165) is 35.9 Å². The van der Waals surface area contributed by atoms with E-state index in [-0.39, 0.29) is 18.2 Å². The highest BCUT2D eigenvalue weighted by atomic mass is 32.1. The molecule has 2 aliphatic rings. The van der Waals surface area contributed by atoms with Crippen LogP contribution >= 0.6 is 11.3 Å². The second-order valence-electron chi connectivity index (χ2n) is 7.42. The zero-order chi connectivity index (χ0) is 20.4. The number of amides is 1. The van der Waals surface area contributed by atoms with Gasteiger partial charge in [-0.3, -0.25) is 9.69 Å². The maximum absolute atomic E-state index is 12.2. The van der Waals surface area contributed by atoms with E-state index in [4.69, 9.17) is 0 Å². The summed E-state index contributed by atoms with van der Waals surface area (Å²) in [5.74, 6) is 0.513. The number of benzene rings is 1. The van der Waals surface area contributed by atoms with Crippen molar-refractivity contribution in [2.45, 2.75) is 43.9 Å². The molecule has 0 radical (unpaired) electrons. The summed E-state index contributed by atoms with van der Waals surface area (Å²) in [5.41, 5.74) is 0.431. The van der Waals surface area contributed by atoms with Crippen molar-refractivity contribution in [1.82, 2.24) is 15.1 Å². The molecule has 1 aliphatic heterocycles. The minimum atomic E-state index is -4.73. The summed E-state index contributed by atoms with van der Waals surface area (Å²) in [4.78, 5) is 14.3. The van der Waals surface area contributed by atoms with Crippen LogP contribution in [0.15, 0.2) is 24.3 Å². The Morgan fingerprint density at radius 1 is 1.07 bits per heavy atom. The van der Waals surface area contributed by atoms with Gasteiger partial charge in [-0.05, 0) is 63.0 Å². The molecule has 4 rings (SSSR count). The van der Waals surface area contributed by atoms with Gasteiger partial charge in [-0.25, -0.2) is 0 Å². The van der Waals surface area contributed by atoms with Gasteiger partial charge in [0.25, 0.3) is 0 Å². The molecule has 1 aromatic heterocycles. The van der Waals surface area contributed by atoms with Gasteiger partial charge in [0.15, 0.2) is 0 Å². The van der Waals surface area contributed by atoms with Crippen LogP contribution < -0.4 is 10.1 Å². The molecule has 1 amide bonds. The third-order valence-corrected chi connectivity index (χ3v) is 6.31. The van der Waals surface area contributed by atoms with Crippen molar-refractivity contribution in [3.63, 3.8) is 0 Å². The van der Waals surface area contributed by atoms with Crippen LogP contribution in [0.3, 0.4) is 0 Å². The van der Waals surface area contributed by atoms with Gasteiger partial charge < -0.3 is 10.1 Å². The molecule has 6 nitrogen and oxygen atoms in total. The number of carbonyl (C=O) groups is 1. The number of carbonyl (C=O) groups excluding carboxylic acids is 1. The van der Waals surface area contributed by atoms with E-state index in [1.54, 1.807) is 11.3 Å². The van der Waals surface area contributed by atoms with Gasteiger partial charge >= 0.3 is 6.36 Å². The van der Waals surface area contributed by atoms with Crippen LogP contribution in [0.25, 0.3) is 0 Å². The predicted molar refractivity (Wildman–Crippen MR) is 102 cm³/mol. The van der Waals surface area contributed by atoms with E-state index in [9.17, 15) is 18.0 Å². The third-order valence-electron chi connectivity index (χ3n) is 5.06. The van der Waals surface area contributed by atoms with Crippen LogP contribution in [0.4, 0.5) is 18.9 Å². The van der Waals surface area contributed by atoms with Crippen LogP contribution in [0, 0.1) is 0 Å². The minimum Gasteiger partial charge on any atom is -0.406 e. The maximum atomic E-state index is 12.2. The Kier molecular flexibility index (Phi) is 5.73. The molecule has 0 spiro atoms. The number of anilines is 1. The van der Waals surface area contributed by atoms with Crippen molar-refractivity contribution in [1.29, 1.82) is 0 Å². The number of likely N-dealkylation sites (tertiary alicyclic amines) is 1. The number of piperidine rings is 1. The lowest BCUT2D eigenvalue weighted by atomic mass is 9.98. The molecular weight excluding hydrogens is 405 g/mol. The van der Waals surface area contributed by atoms with Crippen LogP contribution in [0.5, 0.6) is 5.75 Å². The van der Waals surface area contributed by atoms with Gasteiger partial charge in [-0.1, -0.05) is 0 Å². The summed E-state index contributed by atoms with van der Waals surface area (Å²) >= 11 is 1.73. The molecule has 0 bridgehead atoms. The van der Waals surface area contributed by atoms with Crippen LogP contribution in [-0.4, -0.2) is 47.0 Å². The molecule has 156 valence electrons. The summed E-state index contributed by atoms with van der Waals surface area (Å²) in [6.45, 7) is 1.85. The average molecular weight is 426 g/mol. The number of halogens is 3. The van der Waals surface area contributed by atoms with Gasteiger partial charge in [0.2, 0.25) is 5.91 Å². The second kappa shape index (κ2) is 8.27. The Morgan fingerprint density at radius 3 is 2.21 bits per heavy atom. The fourth-order valence-corrected chi connectivity index (χ4v) is 4.57. The first-order chi connectivity index (χ1) is 13.9. The van der Waals surface area contributed by atoms with E-state index < -0.39 is 6.36 Å². The quantitative estimate of drug-likeness (QED) is 0.752. The third kappa shape index (κ3) is 5.66. The lowest BCUT2D eigenvalue weighted by Gasteiger charge is -2.30. The van der Waals surface area contributed by atoms with Crippen molar-refractivity contribution in [2.75, 3.05) is 25.0 Å². The maximum Gasteiger partial charge on any atom is 0.573 e. The zero-order valence-corrected chi connectivity index (χ0v) is 16.4. The van der Waals surface area contributed by atoms with Crippen LogP contribution in [-0.2, 0) is 4.79 Å². The molecule has 2 aromatic rings. The highest BCUT2D eigenvalue weighted by Crippen LogP contribution is 2.43. The molecule has 10 heteroatoms. The fourth-order valence-electron chi connectivity index (χ4n) is 3.39.